The van der Waals surface area contributed by atoms with Crippen molar-refractivity contribution in [3.8, 4) is 0 Å². The minimum absolute atomic E-state index is 0.902. The number of morpholine rings is 1. The Bertz CT molecular complexity index is 169. The minimum Gasteiger partial charge on any atom is -0.379 e. The number of nitrogens with zero attached hydrogens (tertiary/aromatic N) is 1. The first-order valence-electron chi connectivity index (χ1n) is 7.16. The highest BCUT2D eigenvalue weighted by atomic mass is 16.5. The average Bonchev–Trinajstić information content (AvgIpc) is 2.41. The second-order valence-electron chi connectivity index (χ2n) is 5.21. The Hall–Kier alpha value is -0.160. The lowest BCUT2D eigenvalue weighted by atomic mass is 9.96. The fourth-order valence-corrected chi connectivity index (χ4v) is 2.66. The molecule has 0 spiro atoms. The van der Waals surface area contributed by atoms with Crippen LogP contribution in [0.4, 0.5) is 0 Å². The van der Waals surface area contributed by atoms with E-state index < -0.39 is 0 Å². The Morgan fingerprint density at radius 1 is 1.24 bits per heavy atom. The molecule has 0 saturated carbocycles. The van der Waals surface area contributed by atoms with E-state index >= 15 is 0 Å². The predicted octanol–water partition coefficient (Wildman–Crippen LogP) is 0.298. The lowest BCUT2D eigenvalue weighted by Crippen LogP contribution is -2.40. The number of nitrogens with one attached hydrogen (secondary N) is 2. The summed E-state index contributed by atoms with van der Waals surface area (Å²) >= 11 is 0. The van der Waals surface area contributed by atoms with Gasteiger partial charge in [0.25, 0.3) is 0 Å². The number of hydrogen-bond donors (Lipinski definition) is 2. The maximum absolute atomic E-state index is 5.34. The second kappa shape index (κ2) is 8.03. The zero-order valence-corrected chi connectivity index (χ0v) is 10.9. The Morgan fingerprint density at radius 2 is 2.12 bits per heavy atom. The third kappa shape index (κ3) is 5.34. The molecule has 0 aliphatic carbocycles. The largest absolute Gasteiger partial charge is 0.379 e. The van der Waals surface area contributed by atoms with Crippen molar-refractivity contribution in [2.45, 2.75) is 19.3 Å². The molecule has 4 nitrogen and oxygen atoms in total. The summed E-state index contributed by atoms with van der Waals surface area (Å²) in [5, 5.41) is 7.05. The van der Waals surface area contributed by atoms with Crippen molar-refractivity contribution in [3.63, 3.8) is 0 Å². The highest BCUT2D eigenvalue weighted by molar-refractivity contribution is 4.70. The molecule has 2 N–H and O–H groups in total. The van der Waals surface area contributed by atoms with Gasteiger partial charge in [0.05, 0.1) is 13.2 Å². The molecule has 0 aromatic carbocycles. The van der Waals surface area contributed by atoms with Gasteiger partial charge in [-0.05, 0) is 44.8 Å². The molecule has 100 valence electrons. The molecular weight excluding hydrogens is 214 g/mol. The number of rotatable bonds is 6. The number of ether oxygens (including phenoxy) is 1. The predicted molar refractivity (Wildman–Crippen MR) is 70.3 cm³/mol. The van der Waals surface area contributed by atoms with E-state index in [4.69, 9.17) is 4.74 Å². The first kappa shape index (κ1) is 13.3. The van der Waals surface area contributed by atoms with Crippen LogP contribution in [0, 0.1) is 5.92 Å². The van der Waals surface area contributed by atoms with E-state index in [1.165, 1.54) is 45.4 Å². The fourth-order valence-electron chi connectivity index (χ4n) is 2.66. The molecule has 0 aromatic heterocycles. The fraction of sp³-hybridized carbons (Fsp3) is 1.00. The molecule has 0 bridgehead atoms. The lowest BCUT2D eigenvalue weighted by Gasteiger charge is -2.27. The van der Waals surface area contributed by atoms with Gasteiger partial charge in [0, 0.05) is 26.2 Å². The summed E-state index contributed by atoms with van der Waals surface area (Å²) in [5.74, 6) is 0.902. The molecule has 0 aromatic rings. The summed E-state index contributed by atoms with van der Waals surface area (Å²) in [6, 6.07) is 0. The van der Waals surface area contributed by atoms with Crippen LogP contribution in [0.3, 0.4) is 0 Å². The third-order valence-electron chi connectivity index (χ3n) is 3.84. The molecule has 1 unspecified atom stereocenters. The molecule has 2 heterocycles. The van der Waals surface area contributed by atoms with E-state index in [0.29, 0.717) is 0 Å². The molecular formula is C13H27N3O. The van der Waals surface area contributed by atoms with Crippen molar-refractivity contribution in [2.24, 2.45) is 5.92 Å². The maximum atomic E-state index is 5.34. The van der Waals surface area contributed by atoms with E-state index in [-0.39, 0.29) is 0 Å². The van der Waals surface area contributed by atoms with Gasteiger partial charge in [0.1, 0.15) is 0 Å². The molecule has 0 radical (unpaired) electrons. The van der Waals surface area contributed by atoms with Crippen LogP contribution < -0.4 is 10.6 Å². The molecule has 2 saturated heterocycles. The second-order valence-corrected chi connectivity index (χ2v) is 5.21. The summed E-state index contributed by atoms with van der Waals surface area (Å²) in [7, 11) is 0. The van der Waals surface area contributed by atoms with Gasteiger partial charge in [-0.15, -0.1) is 0 Å². The minimum atomic E-state index is 0.902. The van der Waals surface area contributed by atoms with Gasteiger partial charge < -0.3 is 15.4 Å². The smallest absolute Gasteiger partial charge is 0.0594 e. The van der Waals surface area contributed by atoms with Gasteiger partial charge in [0.2, 0.25) is 0 Å². The summed E-state index contributed by atoms with van der Waals surface area (Å²) in [5.41, 5.74) is 0. The Labute approximate surface area is 105 Å². The van der Waals surface area contributed by atoms with Crippen molar-refractivity contribution in [1.29, 1.82) is 0 Å². The van der Waals surface area contributed by atoms with Crippen molar-refractivity contribution >= 4 is 0 Å². The van der Waals surface area contributed by atoms with Crippen molar-refractivity contribution in [2.75, 3.05) is 59.0 Å². The van der Waals surface area contributed by atoms with Crippen LogP contribution in [0.25, 0.3) is 0 Å². The lowest BCUT2D eigenvalue weighted by molar-refractivity contribution is 0.0384. The monoisotopic (exact) mass is 241 g/mol. The van der Waals surface area contributed by atoms with Crippen LogP contribution in [0.15, 0.2) is 0 Å². The van der Waals surface area contributed by atoms with Gasteiger partial charge in [-0.3, -0.25) is 4.90 Å². The molecule has 1 atom stereocenters. The van der Waals surface area contributed by atoms with Crippen LogP contribution >= 0.6 is 0 Å². The SMILES string of the molecule is C1CNCC(CCNCCN2CCOCC2)C1. The Morgan fingerprint density at radius 3 is 2.88 bits per heavy atom. The van der Waals surface area contributed by atoms with E-state index in [1.807, 2.05) is 0 Å². The summed E-state index contributed by atoms with van der Waals surface area (Å²) in [6.07, 6.45) is 4.10. The highest BCUT2D eigenvalue weighted by Gasteiger charge is 2.12. The van der Waals surface area contributed by atoms with Gasteiger partial charge in [-0.1, -0.05) is 0 Å². The first-order valence-corrected chi connectivity index (χ1v) is 7.16. The Balaban J connectivity index is 1.42. The summed E-state index contributed by atoms with van der Waals surface area (Å²) < 4.78 is 5.34. The van der Waals surface area contributed by atoms with E-state index in [9.17, 15) is 0 Å². The molecule has 2 aliphatic rings. The Kier molecular flexibility index (Phi) is 6.27. The van der Waals surface area contributed by atoms with Gasteiger partial charge in [-0.25, -0.2) is 0 Å². The summed E-state index contributed by atoms with van der Waals surface area (Å²) in [4.78, 5) is 2.48. The summed E-state index contributed by atoms with van der Waals surface area (Å²) in [6.45, 7) is 9.96. The van der Waals surface area contributed by atoms with Gasteiger partial charge in [0.15, 0.2) is 0 Å². The highest BCUT2D eigenvalue weighted by Crippen LogP contribution is 2.12. The molecule has 2 rings (SSSR count). The number of piperidine rings is 1. The van der Waals surface area contributed by atoms with Crippen LogP contribution in [0.1, 0.15) is 19.3 Å². The van der Waals surface area contributed by atoms with E-state index in [0.717, 1.165) is 38.8 Å². The molecule has 17 heavy (non-hydrogen) atoms. The van der Waals surface area contributed by atoms with Crippen LogP contribution in [-0.2, 0) is 4.74 Å². The van der Waals surface area contributed by atoms with Gasteiger partial charge >= 0.3 is 0 Å². The molecule has 2 aliphatic heterocycles. The maximum Gasteiger partial charge on any atom is 0.0594 e. The van der Waals surface area contributed by atoms with Crippen LogP contribution in [0.2, 0.25) is 0 Å². The van der Waals surface area contributed by atoms with E-state index in [1.54, 1.807) is 0 Å². The number of hydrogen-bond acceptors (Lipinski definition) is 4. The zero-order chi connectivity index (χ0) is 11.8. The van der Waals surface area contributed by atoms with Crippen molar-refractivity contribution in [3.05, 3.63) is 0 Å². The third-order valence-corrected chi connectivity index (χ3v) is 3.84. The standard InChI is InChI=1S/C13H27N3O/c1-2-13(12-15-4-1)3-5-14-6-7-16-8-10-17-11-9-16/h13-15H,1-12H2. The zero-order valence-electron chi connectivity index (χ0n) is 10.9. The molecule has 4 heteroatoms. The van der Waals surface area contributed by atoms with Gasteiger partial charge in [-0.2, -0.15) is 0 Å². The molecule has 2 fully saturated rings. The van der Waals surface area contributed by atoms with Crippen molar-refractivity contribution in [1.82, 2.24) is 15.5 Å². The van der Waals surface area contributed by atoms with Crippen molar-refractivity contribution < 1.29 is 4.74 Å². The van der Waals surface area contributed by atoms with Crippen LogP contribution in [0.5, 0.6) is 0 Å². The topological polar surface area (TPSA) is 36.5 Å². The average molecular weight is 241 g/mol. The van der Waals surface area contributed by atoms with Crippen LogP contribution in [-0.4, -0.2) is 63.9 Å². The normalized spacial score (nSPS) is 27.2. The quantitative estimate of drug-likeness (QED) is 0.656. The van der Waals surface area contributed by atoms with E-state index in [2.05, 4.69) is 15.5 Å². The molecule has 0 amide bonds. The first-order chi connectivity index (χ1) is 8.45.